The summed E-state index contributed by atoms with van der Waals surface area (Å²) in [4.78, 5) is 30.3. The molecule has 0 saturated carbocycles. The first-order valence-corrected chi connectivity index (χ1v) is 14.5. The van der Waals surface area contributed by atoms with Gasteiger partial charge in [-0.1, -0.05) is 90.8 Å². The molecule has 8 heteroatoms. The lowest BCUT2D eigenvalue weighted by Gasteiger charge is -2.29. The third kappa shape index (κ3) is 9.93. The van der Waals surface area contributed by atoms with Crippen LogP contribution < -0.4 is 10.6 Å². The standard InChI is InChI=1S/C32H40Cl2N4O2/c1-4-25(26-13-9-6-10-14-26)23-38(3)32(40)30(17-20-37(2)22-24-11-7-5-8-12-24)35-18-19-36-31(39)27-15-16-28(33)29(34)21-27/h5-16,21,25,30,35H,4,17-20,22-23H2,1-3H3,(H,36,39)/t25-,30+/m1/s1. The highest BCUT2D eigenvalue weighted by Gasteiger charge is 2.24. The summed E-state index contributed by atoms with van der Waals surface area (Å²) in [6, 6.07) is 25.0. The van der Waals surface area contributed by atoms with Gasteiger partial charge in [-0.05, 0) is 49.2 Å². The first-order chi connectivity index (χ1) is 19.3. The number of benzene rings is 3. The summed E-state index contributed by atoms with van der Waals surface area (Å²) in [6.07, 6.45) is 1.59. The van der Waals surface area contributed by atoms with Crippen molar-refractivity contribution in [3.05, 3.63) is 106 Å². The van der Waals surface area contributed by atoms with Crippen LogP contribution >= 0.6 is 23.2 Å². The maximum absolute atomic E-state index is 13.6. The molecular weight excluding hydrogens is 543 g/mol. The van der Waals surface area contributed by atoms with Gasteiger partial charge in [0, 0.05) is 51.3 Å². The van der Waals surface area contributed by atoms with Gasteiger partial charge >= 0.3 is 0 Å². The summed E-state index contributed by atoms with van der Waals surface area (Å²) in [5.41, 5.74) is 2.91. The molecule has 0 fully saturated rings. The summed E-state index contributed by atoms with van der Waals surface area (Å²) >= 11 is 12.0. The topological polar surface area (TPSA) is 64.7 Å². The minimum absolute atomic E-state index is 0.0540. The van der Waals surface area contributed by atoms with E-state index < -0.39 is 0 Å². The first kappa shape index (κ1) is 31.6. The molecule has 214 valence electrons. The Morgan fingerprint density at radius 2 is 1.55 bits per heavy atom. The monoisotopic (exact) mass is 582 g/mol. The molecule has 0 radical (unpaired) electrons. The van der Waals surface area contributed by atoms with Crippen molar-refractivity contribution < 1.29 is 9.59 Å². The van der Waals surface area contributed by atoms with Gasteiger partial charge < -0.3 is 20.4 Å². The third-order valence-corrected chi connectivity index (χ3v) is 7.75. The Bertz CT molecular complexity index is 1210. The van der Waals surface area contributed by atoms with Crippen molar-refractivity contribution in [2.24, 2.45) is 0 Å². The SMILES string of the molecule is CC[C@H](CN(C)C(=O)[C@H](CCN(C)Cc1ccccc1)NCCNC(=O)c1ccc(Cl)c(Cl)c1)c1ccccc1. The van der Waals surface area contributed by atoms with E-state index in [0.717, 1.165) is 19.5 Å². The van der Waals surface area contributed by atoms with Gasteiger partial charge in [0.15, 0.2) is 0 Å². The number of halogens is 2. The van der Waals surface area contributed by atoms with Crippen molar-refractivity contribution in [1.29, 1.82) is 0 Å². The Morgan fingerprint density at radius 3 is 2.20 bits per heavy atom. The number of hydrogen-bond acceptors (Lipinski definition) is 4. The zero-order valence-corrected chi connectivity index (χ0v) is 25.1. The molecule has 6 nitrogen and oxygen atoms in total. The Labute approximate surface area is 248 Å². The van der Waals surface area contributed by atoms with Crippen molar-refractivity contribution in [2.45, 2.75) is 38.3 Å². The largest absolute Gasteiger partial charge is 0.351 e. The molecule has 0 aromatic heterocycles. The Morgan fingerprint density at radius 1 is 0.875 bits per heavy atom. The third-order valence-electron chi connectivity index (χ3n) is 7.01. The summed E-state index contributed by atoms with van der Waals surface area (Å²) in [5, 5.41) is 7.03. The molecule has 3 aromatic rings. The van der Waals surface area contributed by atoms with Gasteiger partial charge in [0.25, 0.3) is 5.91 Å². The van der Waals surface area contributed by atoms with Crippen LogP contribution in [0.25, 0.3) is 0 Å². The quantitative estimate of drug-likeness (QED) is 0.220. The molecule has 0 bridgehead atoms. The molecule has 0 heterocycles. The van der Waals surface area contributed by atoms with Crippen LogP contribution in [0.3, 0.4) is 0 Å². The van der Waals surface area contributed by atoms with E-state index >= 15 is 0 Å². The van der Waals surface area contributed by atoms with Crippen LogP contribution in [0, 0.1) is 0 Å². The van der Waals surface area contributed by atoms with Crippen molar-refractivity contribution in [2.75, 3.05) is 40.3 Å². The number of nitrogens with zero attached hydrogens (tertiary/aromatic N) is 2. The van der Waals surface area contributed by atoms with Gasteiger partial charge in [-0.15, -0.1) is 0 Å². The van der Waals surface area contributed by atoms with Crippen LogP contribution in [0.2, 0.25) is 10.0 Å². The van der Waals surface area contributed by atoms with Crippen LogP contribution in [0.15, 0.2) is 78.9 Å². The molecule has 2 N–H and O–H groups in total. The maximum atomic E-state index is 13.6. The normalized spacial score (nSPS) is 12.7. The summed E-state index contributed by atoms with van der Waals surface area (Å²) < 4.78 is 0. The van der Waals surface area contributed by atoms with Gasteiger partial charge in [0.1, 0.15) is 0 Å². The van der Waals surface area contributed by atoms with Crippen molar-refractivity contribution in [3.8, 4) is 0 Å². The fourth-order valence-electron chi connectivity index (χ4n) is 4.68. The summed E-state index contributed by atoms with van der Waals surface area (Å²) in [7, 11) is 3.95. The van der Waals surface area contributed by atoms with Gasteiger partial charge in [-0.25, -0.2) is 0 Å². The smallest absolute Gasteiger partial charge is 0.251 e. The molecule has 2 amide bonds. The van der Waals surface area contributed by atoms with Crippen molar-refractivity contribution in [3.63, 3.8) is 0 Å². The lowest BCUT2D eigenvalue weighted by atomic mass is 9.96. The number of carbonyl (C=O) groups excluding carboxylic acids is 2. The van der Waals surface area contributed by atoms with Gasteiger partial charge in [0.05, 0.1) is 16.1 Å². The van der Waals surface area contributed by atoms with E-state index in [-0.39, 0.29) is 23.8 Å². The van der Waals surface area contributed by atoms with E-state index in [1.165, 1.54) is 11.1 Å². The van der Waals surface area contributed by atoms with Gasteiger partial charge in [-0.3, -0.25) is 9.59 Å². The molecular formula is C32H40Cl2N4O2. The molecule has 2 atom stereocenters. The molecule has 3 aromatic carbocycles. The number of rotatable bonds is 15. The van der Waals surface area contributed by atoms with Crippen molar-refractivity contribution in [1.82, 2.24) is 20.4 Å². The maximum Gasteiger partial charge on any atom is 0.251 e. The average Bonchev–Trinajstić information content (AvgIpc) is 2.97. The van der Waals surface area contributed by atoms with Crippen LogP contribution in [-0.2, 0) is 11.3 Å². The number of likely N-dealkylation sites (N-methyl/N-ethyl adjacent to an activating group) is 1. The number of hydrogen-bond donors (Lipinski definition) is 2. The minimum Gasteiger partial charge on any atom is -0.351 e. The zero-order chi connectivity index (χ0) is 28.9. The molecule has 0 unspecified atom stereocenters. The molecule has 0 aliphatic heterocycles. The van der Waals surface area contributed by atoms with Crippen LogP contribution in [0.4, 0.5) is 0 Å². The van der Waals surface area contributed by atoms with E-state index in [1.807, 2.05) is 48.3 Å². The lowest BCUT2D eigenvalue weighted by molar-refractivity contribution is -0.132. The second-order valence-electron chi connectivity index (χ2n) is 10.1. The van der Waals surface area contributed by atoms with E-state index in [2.05, 4.69) is 53.8 Å². The fraction of sp³-hybridized carbons (Fsp3) is 0.375. The van der Waals surface area contributed by atoms with Gasteiger partial charge in [-0.2, -0.15) is 0 Å². The van der Waals surface area contributed by atoms with E-state index in [9.17, 15) is 9.59 Å². The summed E-state index contributed by atoms with van der Waals surface area (Å²) in [5.74, 6) is 0.0805. The van der Waals surface area contributed by atoms with E-state index in [4.69, 9.17) is 23.2 Å². The number of nitrogens with one attached hydrogen (secondary N) is 2. The Hall–Kier alpha value is -2.90. The van der Waals surface area contributed by atoms with Gasteiger partial charge in [0.2, 0.25) is 5.91 Å². The lowest BCUT2D eigenvalue weighted by Crippen LogP contribution is -2.49. The zero-order valence-electron chi connectivity index (χ0n) is 23.6. The predicted octanol–water partition coefficient (Wildman–Crippen LogP) is 5.86. The Kier molecular flexibility index (Phi) is 13.0. The number of amides is 2. The second-order valence-corrected chi connectivity index (χ2v) is 11.0. The minimum atomic E-state index is -0.376. The van der Waals surface area contributed by atoms with Crippen LogP contribution in [0.5, 0.6) is 0 Å². The fourth-order valence-corrected chi connectivity index (χ4v) is 4.98. The Balaban J connectivity index is 1.59. The highest BCUT2D eigenvalue weighted by atomic mass is 35.5. The van der Waals surface area contributed by atoms with Crippen LogP contribution in [-0.4, -0.2) is 67.9 Å². The molecule has 40 heavy (non-hydrogen) atoms. The molecule has 0 aliphatic carbocycles. The first-order valence-electron chi connectivity index (χ1n) is 13.8. The molecule has 0 saturated heterocycles. The van der Waals surface area contributed by atoms with Crippen molar-refractivity contribution >= 4 is 35.0 Å². The highest BCUT2D eigenvalue weighted by Crippen LogP contribution is 2.23. The van der Waals surface area contributed by atoms with Crippen LogP contribution in [0.1, 0.15) is 47.2 Å². The number of carbonyl (C=O) groups is 2. The average molecular weight is 584 g/mol. The summed E-state index contributed by atoms with van der Waals surface area (Å²) in [6.45, 7) is 5.18. The molecule has 0 aliphatic rings. The molecule has 3 rings (SSSR count). The molecule has 0 spiro atoms. The van der Waals surface area contributed by atoms with E-state index in [0.29, 0.717) is 41.7 Å². The van der Waals surface area contributed by atoms with E-state index in [1.54, 1.807) is 18.2 Å². The highest BCUT2D eigenvalue weighted by molar-refractivity contribution is 6.42. The second kappa shape index (κ2) is 16.4. The predicted molar refractivity (Wildman–Crippen MR) is 165 cm³/mol.